The fourth-order valence-corrected chi connectivity index (χ4v) is 3.50. The highest BCUT2D eigenvalue weighted by Crippen LogP contribution is 2.33. The van der Waals surface area contributed by atoms with Gasteiger partial charge in [-0.3, -0.25) is 0 Å². The topological polar surface area (TPSA) is 40.5 Å². The largest absolute Gasteiger partial charge is 0.508 e. The van der Waals surface area contributed by atoms with E-state index < -0.39 is 0 Å². The van der Waals surface area contributed by atoms with Crippen LogP contribution in [-0.2, 0) is 12.8 Å². The molecule has 0 aliphatic heterocycles. The zero-order chi connectivity index (χ0) is 17.9. The third-order valence-corrected chi connectivity index (χ3v) is 5.38. The molecule has 1 aromatic carbocycles. The lowest BCUT2D eigenvalue weighted by atomic mass is 9.88. The summed E-state index contributed by atoms with van der Waals surface area (Å²) in [6.45, 7) is 8.86. The normalized spacial score (nSPS) is 13.8. The number of hydrogen-bond donors (Lipinski definition) is 2. The molecular weight excluding hydrogens is 296 g/mol. The zero-order valence-electron chi connectivity index (χ0n) is 16.3. The molecule has 0 aliphatic carbocycles. The smallest absolute Gasteiger partial charge is 0.119 e. The van der Waals surface area contributed by atoms with Crippen LogP contribution in [0.4, 0.5) is 0 Å². The minimum absolute atomic E-state index is 0.364. The van der Waals surface area contributed by atoms with Crippen molar-refractivity contribution >= 4 is 0 Å². The maximum absolute atomic E-state index is 10.4. The third kappa shape index (κ3) is 6.75. The maximum atomic E-state index is 10.4. The molecule has 0 aromatic heterocycles. The number of benzene rings is 1. The number of aromatic hydroxyl groups is 2. The van der Waals surface area contributed by atoms with Gasteiger partial charge in [0.15, 0.2) is 0 Å². The van der Waals surface area contributed by atoms with Crippen LogP contribution < -0.4 is 0 Å². The van der Waals surface area contributed by atoms with E-state index in [9.17, 15) is 10.2 Å². The lowest BCUT2D eigenvalue weighted by molar-refractivity contribution is 0.409. The van der Waals surface area contributed by atoms with Gasteiger partial charge in [-0.15, -0.1) is 0 Å². The van der Waals surface area contributed by atoms with Crippen molar-refractivity contribution < 1.29 is 10.2 Å². The predicted octanol–water partition coefficient (Wildman–Crippen LogP) is 6.62. The van der Waals surface area contributed by atoms with Gasteiger partial charge in [0, 0.05) is 0 Å². The first kappa shape index (κ1) is 20.9. The van der Waals surface area contributed by atoms with E-state index in [-0.39, 0.29) is 0 Å². The second-order valence-electron chi connectivity index (χ2n) is 7.35. The van der Waals surface area contributed by atoms with Crippen molar-refractivity contribution in [3.05, 3.63) is 23.3 Å². The van der Waals surface area contributed by atoms with E-state index in [0.717, 1.165) is 36.8 Å². The highest BCUT2D eigenvalue weighted by molar-refractivity contribution is 5.45. The molecule has 0 aliphatic rings. The molecule has 0 heterocycles. The standard InChI is InChI=1S/C22H38O2/c1-5-9-11-17(7-3)13-19-15-22(24)20(16-21(19)23)14-18(8-4)12-10-6-2/h15-18,23-24H,5-14H2,1-4H3/t17-,18+. The number of hydrogen-bond acceptors (Lipinski definition) is 2. The van der Waals surface area contributed by atoms with Crippen molar-refractivity contribution in [3.63, 3.8) is 0 Å². The van der Waals surface area contributed by atoms with Crippen LogP contribution in [0.1, 0.15) is 90.2 Å². The van der Waals surface area contributed by atoms with Crippen molar-refractivity contribution in [2.45, 2.75) is 91.9 Å². The molecule has 0 bridgehead atoms. The molecule has 2 heteroatoms. The van der Waals surface area contributed by atoms with Gasteiger partial charge in [0.05, 0.1) is 0 Å². The van der Waals surface area contributed by atoms with Crippen molar-refractivity contribution in [1.82, 2.24) is 0 Å². The summed E-state index contributed by atoms with van der Waals surface area (Å²) in [4.78, 5) is 0. The zero-order valence-corrected chi connectivity index (χ0v) is 16.3. The summed E-state index contributed by atoms with van der Waals surface area (Å²) in [5, 5.41) is 20.9. The summed E-state index contributed by atoms with van der Waals surface area (Å²) in [6.07, 6.45) is 11.3. The Hall–Kier alpha value is -1.18. The van der Waals surface area contributed by atoms with Gasteiger partial charge in [0.2, 0.25) is 0 Å². The molecule has 0 radical (unpaired) electrons. The van der Waals surface area contributed by atoms with Crippen LogP contribution in [-0.4, -0.2) is 10.2 Å². The number of unbranched alkanes of at least 4 members (excludes halogenated alkanes) is 2. The summed E-state index contributed by atoms with van der Waals surface area (Å²) in [5.41, 5.74) is 1.81. The molecule has 0 amide bonds. The summed E-state index contributed by atoms with van der Waals surface area (Å²) in [6, 6.07) is 3.62. The minimum atomic E-state index is 0.364. The SMILES string of the molecule is CCCC[C@@H](CC)Cc1cc(O)c(C[C@@H](CC)CCCC)cc1O. The molecule has 24 heavy (non-hydrogen) atoms. The fraction of sp³-hybridized carbons (Fsp3) is 0.727. The summed E-state index contributed by atoms with van der Waals surface area (Å²) in [7, 11) is 0. The Balaban J connectivity index is 2.80. The highest BCUT2D eigenvalue weighted by Gasteiger charge is 2.16. The van der Waals surface area contributed by atoms with Gasteiger partial charge in [0.25, 0.3) is 0 Å². The quantitative estimate of drug-likeness (QED) is 0.422. The minimum Gasteiger partial charge on any atom is -0.508 e. The summed E-state index contributed by atoms with van der Waals surface area (Å²) < 4.78 is 0. The first-order valence-electron chi connectivity index (χ1n) is 10.1. The molecule has 138 valence electrons. The Morgan fingerprint density at radius 1 is 0.708 bits per heavy atom. The average molecular weight is 335 g/mol. The van der Waals surface area contributed by atoms with Crippen LogP contribution in [0.2, 0.25) is 0 Å². The van der Waals surface area contributed by atoms with E-state index in [1.54, 1.807) is 0 Å². The Kier molecular flexibility index (Phi) is 9.90. The molecule has 1 rings (SSSR count). The van der Waals surface area contributed by atoms with Crippen LogP contribution >= 0.6 is 0 Å². The van der Waals surface area contributed by atoms with Crippen LogP contribution in [0.25, 0.3) is 0 Å². The number of rotatable bonds is 12. The lowest BCUT2D eigenvalue weighted by Crippen LogP contribution is -2.06. The second-order valence-corrected chi connectivity index (χ2v) is 7.35. The van der Waals surface area contributed by atoms with E-state index >= 15 is 0 Å². The average Bonchev–Trinajstić information content (AvgIpc) is 2.58. The van der Waals surface area contributed by atoms with Crippen molar-refractivity contribution in [3.8, 4) is 11.5 Å². The van der Waals surface area contributed by atoms with Crippen molar-refractivity contribution in [1.29, 1.82) is 0 Å². The predicted molar refractivity (Wildman–Crippen MR) is 104 cm³/mol. The van der Waals surface area contributed by atoms with Gasteiger partial charge in [-0.05, 0) is 47.9 Å². The molecule has 2 N–H and O–H groups in total. The van der Waals surface area contributed by atoms with Crippen LogP contribution in [0.5, 0.6) is 11.5 Å². The summed E-state index contributed by atoms with van der Waals surface area (Å²) >= 11 is 0. The Morgan fingerprint density at radius 3 is 1.38 bits per heavy atom. The van der Waals surface area contributed by atoms with Gasteiger partial charge in [-0.25, -0.2) is 0 Å². The molecule has 2 atom stereocenters. The molecule has 0 spiro atoms. The van der Waals surface area contributed by atoms with Gasteiger partial charge in [-0.1, -0.05) is 79.1 Å². The first-order valence-corrected chi connectivity index (χ1v) is 10.1. The van der Waals surface area contributed by atoms with Crippen molar-refractivity contribution in [2.75, 3.05) is 0 Å². The number of phenolic OH excluding ortho intramolecular Hbond substituents is 2. The van der Waals surface area contributed by atoms with Crippen LogP contribution in [0.15, 0.2) is 12.1 Å². The Morgan fingerprint density at radius 2 is 1.08 bits per heavy atom. The van der Waals surface area contributed by atoms with Crippen LogP contribution in [0, 0.1) is 11.8 Å². The molecule has 0 saturated heterocycles. The maximum Gasteiger partial charge on any atom is 0.119 e. The van der Waals surface area contributed by atoms with Gasteiger partial charge in [0.1, 0.15) is 11.5 Å². The van der Waals surface area contributed by atoms with Gasteiger partial charge < -0.3 is 10.2 Å². The van der Waals surface area contributed by atoms with Gasteiger partial charge in [-0.2, -0.15) is 0 Å². The molecule has 2 nitrogen and oxygen atoms in total. The van der Waals surface area contributed by atoms with E-state index in [0.29, 0.717) is 23.3 Å². The van der Waals surface area contributed by atoms with Crippen LogP contribution in [0.3, 0.4) is 0 Å². The van der Waals surface area contributed by atoms with Gasteiger partial charge >= 0.3 is 0 Å². The molecule has 0 unspecified atom stereocenters. The molecule has 0 saturated carbocycles. The number of phenols is 2. The highest BCUT2D eigenvalue weighted by atomic mass is 16.3. The fourth-order valence-electron chi connectivity index (χ4n) is 3.50. The lowest BCUT2D eigenvalue weighted by Gasteiger charge is -2.19. The summed E-state index contributed by atoms with van der Waals surface area (Å²) in [5.74, 6) is 1.91. The first-order chi connectivity index (χ1) is 11.5. The second kappa shape index (κ2) is 11.4. The molecule has 1 aromatic rings. The monoisotopic (exact) mass is 334 g/mol. The Bertz CT molecular complexity index is 424. The third-order valence-electron chi connectivity index (χ3n) is 5.38. The molecule has 0 fully saturated rings. The van der Waals surface area contributed by atoms with E-state index in [2.05, 4.69) is 27.7 Å². The Labute approximate surface area is 149 Å². The van der Waals surface area contributed by atoms with Crippen molar-refractivity contribution in [2.24, 2.45) is 11.8 Å². The van der Waals surface area contributed by atoms with E-state index in [1.807, 2.05) is 12.1 Å². The van der Waals surface area contributed by atoms with E-state index in [1.165, 1.54) is 38.5 Å². The molecular formula is C22H38O2. The van der Waals surface area contributed by atoms with E-state index in [4.69, 9.17) is 0 Å².